The van der Waals surface area contributed by atoms with Crippen LogP contribution in [0.3, 0.4) is 0 Å². The normalized spacial score (nSPS) is 20.5. The van der Waals surface area contributed by atoms with Crippen LogP contribution < -0.4 is 0 Å². The highest BCUT2D eigenvalue weighted by Gasteiger charge is 2.37. The van der Waals surface area contributed by atoms with Crippen LogP contribution in [0.15, 0.2) is 22.6 Å². The van der Waals surface area contributed by atoms with Gasteiger partial charge in [0.15, 0.2) is 0 Å². The van der Waals surface area contributed by atoms with Gasteiger partial charge in [0.2, 0.25) is 11.8 Å². The van der Waals surface area contributed by atoms with Gasteiger partial charge in [0, 0.05) is 25.6 Å². The molecule has 0 spiro atoms. The molecule has 1 N–H and O–H groups in total. The van der Waals surface area contributed by atoms with Gasteiger partial charge in [0.1, 0.15) is 5.82 Å². The summed E-state index contributed by atoms with van der Waals surface area (Å²) in [6.07, 6.45) is -0.702. The van der Waals surface area contributed by atoms with E-state index in [1.54, 1.807) is 24.8 Å². The Kier molecular flexibility index (Phi) is 4.82. The fourth-order valence-electron chi connectivity index (χ4n) is 3.10. The SMILES string of the molecule is Cc1nnc(CN(C)C2CN(C(=O)c3cc(F)ccc3C)C[C@H]2O)o1. The Hall–Kier alpha value is -2.32. The van der Waals surface area contributed by atoms with Gasteiger partial charge in [0.05, 0.1) is 18.7 Å². The molecular weight excluding hydrogens is 327 g/mol. The summed E-state index contributed by atoms with van der Waals surface area (Å²) >= 11 is 0. The number of carbonyl (C=O) groups excluding carboxylic acids is 1. The van der Waals surface area contributed by atoms with Crippen LogP contribution >= 0.6 is 0 Å². The zero-order valence-corrected chi connectivity index (χ0v) is 14.4. The molecule has 1 aromatic heterocycles. The van der Waals surface area contributed by atoms with Crippen molar-refractivity contribution in [2.45, 2.75) is 32.5 Å². The second-order valence-corrected chi connectivity index (χ2v) is 6.43. The first-order valence-corrected chi connectivity index (χ1v) is 8.08. The van der Waals surface area contributed by atoms with Gasteiger partial charge in [-0.05, 0) is 31.7 Å². The number of likely N-dealkylation sites (N-methyl/N-ethyl adjacent to an activating group) is 1. The highest BCUT2D eigenvalue weighted by molar-refractivity contribution is 5.95. The minimum atomic E-state index is -0.702. The lowest BCUT2D eigenvalue weighted by Gasteiger charge is -2.24. The van der Waals surface area contributed by atoms with Gasteiger partial charge in [-0.1, -0.05) is 6.07 Å². The van der Waals surface area contributed by atoms with Crippen molar-refractivity contribution in [2.24, 2.45) is 0 Å². The Morgan fingerprint density at radius 1 is 1.40 bits per heavy atom. The van der Waals surface area contributed by atoms with Crippen molar-refractivity contribution in [3.8, 4) is 0 Å². The maximum atomic E-state index is 13.5. The molecule has 1 amide bonds. The van der Waals surface area contributed by atoms with Crippen molar-refractivity contribution in [3.63, 3.8) is 0 Å². The Morgan fingerprint density at radius 2 is 2.16 bits per heavy atom. The molecule has 1 fully saturated rings. The van der Waals surface area contributed by atoms with E-state index in [-0.39, 0.29) is 18.5 Å². The molecule has 25 heavy (non-hydrogen) atoms. The summed E-state index contributed by atoms with van der Waals surface area (Å²) in [5.41, 5.74) is 1.03. The zero-order valence-electron chi connectivity index (χ0n) is 14.4. The summed E-state index contributed by atoms with van der Waals surface area (Å²) in [4.78, 5) is 16.1. The second kappa shape index (κ2) is 6.89. The molecule has 1 saturated heterocycles. The van der Waals surface area contributed by atoms with Gasteiger partial charge in [-0.3, -0.25) is 9.69 Å². The van der Waals surface area contributed by atoms with E-state index in [0.717, 1.165) is 0 Å². The zero-order chi connectivity index (χ0) is 18.1. The van der Waals surface area contributed by atoms with Gasteiger partial charge in [-0.25, -0.2) is 4.39 Å². The lowest BCUT2D eigenvalue weighted by atomic mass is 10.1. The van der Waals surface area contributed by atoms with Crippen LogP contribution in [0.2, 0.25) is 0 Å². The number of aliphatic hydroxyl groups is 1. The quantitative estimate of drug-likeness (QED) is 0.892. The first-order chi connectivity index (χ1) is 11.8. The number of carbonyl (C=O) groups is 1. The van der Waals surface area contributed by atoms with E-state index < -0.39 is 11.9 Å². The van der Waals surface area contributed by atoms with Gasteiger partial charge >= 0.3 is 0 Å². The predicted molar refractivity (Wildman–Crippen MR) is 87.3 cm³/mol. The van der Waals surface area contributed by atoms with Crippen LogP contribution in [-0.4, -0.2) is 63.3 Å². The average Bonchev–Trinajstić information content (AvgIpc) is 3.15. The molecule has 1 unspecified atom stereocenters. The molecule has 8 heteroatoms. The number of likely N-dealkylation sites (tertiary alicyclic amines) is 1. The summed E-state index contributed by atoms with van der Waals surface area (Å²) in [5, 5.41) is 18.1. The molecule has 1 aliphatic rings. The van der Waals surface area contributed by atoms with Crippen molar-refractivity contribution in [3.05, 3.63) is 46.9 Å². The largest absolute Gasteiger partial charge is 0.424 e. The van der Waals surface area contributed by atoms with Gasteiger partial charge in [-0.2, -0.15) is 0 Å². The Balaban J connectivity index is 1.70. The van der Waals surface area contributed by atoms with Crippen LogP contribution in [0.1, 0.15) is 27.7 Å². The van der Waals surface area contributed by atoms with E-state index in [4.69, 9.17) is 4.42 Å². The van der Waals surface area contributed by atoms with E-state index in [2.05, 4.69) is 10.2 Å². The number of amides is 1. The average molecular weight is 348 g/mol. The molecule has 2 aromatic rings. The monoisotopic (exact) mass is 348 g/mol. The molecule has 7 nitrogen and oxygen atoms in total. The maximum Gasteiger partial charge on any atom is 0.254 e. The third kappa shape index (κ3) is 3.69. The summed E-state index contributed by atoms with van der Waals surface area (Å²) in [6.45, 7) is 4.40. The van der Waals surface area contributed by atoms with Crippen LogP contribution in [0.25, 0.3) is 0 Å². The number of aryl methyl sites for hydroxylation is 2. The number of aliphatic hydroxyl groups excluding tert-OH is 1. The van der Waals surface area contributed by atoms with Crippen molar-refractivity contribution in [2.75, 3.05) is 20.1 Å². The molecule has 3 rings (SSSR count). The van der Waals surface area contributed by atoms with Gasteiger partial charge < -0.3 is 14.4 Å². The lowest BCUT2D eigenvalue weighted by molar-refractivity contribution is 0.0760. The Morgan fingerprint density at radius 3 is 2.84 bits per heavy atom. The van der Waals surface area contributed by atoms with Gasteiger partial charge in [0.25, 0.3) is 5.91 Å². The smallest absolute Gasteiger partial charge is 0.254 e. The van der Waals surface area contributed by atoms with Gasteiger partial charge in [-0.15, -0.1) is 10.2 Å². The number of hydrogen-bond donors (Lipinski definition) is 1. The number of hydrogen-bond acceptors (Lipinski definition) is 6. The molecule has 0 radical (unpaired) electrons. The number of aromatic nitrogens is 2. The summed E-state index contributed by atoms with van der Waals surface area (Å²) in [6, 6.07) is 3.89. The number of nitrogens with zero attached hydrogens (tertiary/aromatic N) is 4. The minimum absolute atomic E-state index is 0.201. The highest BCUT2D eigenvalue weighted by Crippen LogP contribution is 2.21. The molecule has 2 atom stereocenters. The molecule has 0 saturated carbocycles. The minimum Gasteiger partial charge on any atom is -0.424 e. The molecule has 0 bridgehead atoms. The van der Waals surface area contributed by atoms with Crippen molar-refractivity contribution < 1.29 is 18.7 Å². The number of rotatable bonds is 4. The Labute approximate surface area is 145 Å². The van der Waals surface area contributed by atoms with Crippen LogP contribution in [-0.2, 0) is 6.54 Å². The molecule has 0 aliphatic carbocycles. The van der Waals surface area contributed by atoms with Crippen molar-refractivity contribution >= 4 is 5.91 Å². The van der Waals surface area contributed by atoms with Crippen molar-refractivity contribution in [1.82, 2.24) is 20.0 Å². The lowest BCUT2D eigenvalue weighted by Crippen LogP contribution is -2.40. The van der Waals surface area contributed by atoms with E-state index in [1.807, 2.05) is 11.9 Å². The maximum absolute atomic E-state index is 13.5. The predicted octanol–water partition coefficient (Wildman–Crippen LogP) is 1.14. The van der Waals surface area contributed by atoms with E-state index in [9.17, 15) is 14.3 Å². The highest BCUT2D eigenvalue weighted by atomic mass is 19.1. The molecule has 2 heterocycles. The van der Waals surface area contributed by atoms with E-state index >= 15 is 0 Å². The van der Waals surface area contributed by atoms with E-state index in [0.29, 0.717) is 36.0 Å². The third-order valence-electron chi connectivity index (χ3n) is 4.49. The number of benzene rings is 1. The molecule has 134 valence electrons. The molecule has 1 aliphatic heterocycles. The van der Waals surface area contributed by atoms with E-state index in [1.165, 1.54) is 12.1 Å². The number of β-amino-alcohol motifs (C(OH)–C–C–N with tert-alkyl or cyclic N) is 1. The fraction of sp³-hybridized carbons (Fsp3) is 0.471. The molecular formula is C17H21FN4O3. The first kappa shape index (κ1) is 17.5. The number of halogens is 1. The van der Waals surface area contributed by atoms with Crippen LogP contribution in [0.4, 0.5) is 4.39 Å². The fourth-order valence-corrected chi connectivity index (χ4v) is 3.10. The third-order valence-corrected chi connectivity index (χ3v) is 4.49. The topological polar surface area (TPSA) is 82.7 Å². The summed E-state index contributed by atoms with van der Waals surface area (Å²) < 4.78 is 18.8. The molecule has 1 aromatic carbocycles. The first-order valence-electron chi connectivity index (χ1n) is 8.08. The summed E-state index contributed by atoms with van der Waals surface area (Å²) in [5.74, 6) is 0.210. The van der Waals surface area contributed by atoms with Crippen LogP contribution in [0.5, 0.6) is 0 Å². The van der Waals surface area contributed by atoms with Crippen LogP contribution in [0, 0.1) is 19.7 Å². The second-order valence-electron chi connectivity index (χ2n) is 6.43. The van der Waals surface area contributed by atoms with Crippen molar-refractivity contribution in [1.29, 1.82) is 0 Å². The Bertz CT molecular complexity index is 779. The standard InChI is InChI=1S/C17H21FN4O3/c1-10-4-5-12(18)6-13(10)17(24)22-7-14(15(23)8-22)21(3)9-16-20-19-11(2)25-16/h4-6,14-15,23H,7-9H2,1-3H3/t14?,15-/m1/s1. The summed E-state index contributed by atoms with van der Waals surface area (Å²) in [7, 11) is 1.83.